The van der Waals surface area contributed by atoms with Crippen LogP contribution in [-0.4, -0.2) is 11.3 Å². The molecule has 1 radical (unpaired) electrons. The Morgan fingerprint density at radius 2 is 2.14 bits per heavy atom. The average Bonchev–Trinajstić information content (AvgIpc) is 1.61. The van der Waals surface area contributed by atoms with Crippen LogP contribution in [0.15, 0.2) is 0 Å². The molecule has 0 saturated heterocycles. The summed E-state index contributed by atoms with van der Waals surface area (Å²) in [6.45, 7) is 0. The molecule has 0 saturated carbocycles. The monoisotopic (exact) mass is 165 g/mol. The molecule has 0 aliphatic carbocycles. The van der Waals surface area contributed by atoms with Crippen molar-refractivity contribution >= 4 is 21.9 Å². The van der Waals surface area contributed by atoms with Crippen LogP contribution in [-0.2, 0) is 9.90 Å². The zero-order chi connectivity index (χ0) is 5.70. The molecule has 0 aromatic carbocycles. The normalized spacial score (nSPS) is 8.71. The minimum Gasteiger partial charge on any atom is -0.247 e. The first-order valence-corrected chi connectivity index (χ1v) is 3.15. The first kappa shape index (κ1) is 6.95. The van der Waals surface area contributed by atoms with Gasteiger partial charge in [0.25, 0.3) is 0 Å². The summed E-state index contributed by atoms with van der Waals surface area (Å²) in [7, 11) is 0. The Bertz CT molecular complexity index is 62.7. The van der Waals surface area contributed by atoms with Crippen LogP contribution in [0.4, 0.5) is 0 Å². The summed E-state index contributed by atoms with van der Waals surface area (Å²) in [6.07, 6.45) is 0.813. The Labute approximate surface area is 50.7 Å². The highest BCUT2D eigenvalue weighted by Gasteiger charge is 1.94. The van der Waals surface area contributed by atoms with E-state index in [1.54, 1.807) is 0 Å². The Morgan fingerprint density at radius 3 is 2.29 bits per heavy atom. The van der Waals surface area contributed by atoms with Gasteiger partial charge in [0.15, 0.2) is 0 Å². The van der Waals surface area contributed by atoms with Crippen LogP contribution in [0, 0.1) is 0 Å². The maximum Gasteiger partial charge on any atom is 0.355 e. The summed E-state index contributed by atoms with van der Waals surface area (Å²) in [4.78, 5) is 9.63. The van der Waals surface area contributed by atoms with Crippen LogP contribution in [0.2, 0.25) is 0 Å². The Morgan fingerprint density at radius 1 is 1.57 bits per heavy atom. The second-order valence-electron chi connectivity index (χ2n) is 1.16. The molecule has 0 amide bonds. The van der Waals surface area contributed by atoms with Crippen LogP contribution in [0.5, 0.6) is 0 Å². The lowest BCUT2D eigenvalue weighted by atomic mass is 10.3. The molecule has 0 spiro atoms. The van der Waals surface area contributed by atoms with Crippen molar-refractivity contribution in [2.75, 3.05) is 5.33 Å². The smallest absolute Gasteiger partial charge is 0.247 e. The van der Waals surface area contributed by atoms with Crippen molar-refractivity contribution in [3.05, 3.63) is 0 Å². The first-order chi connectivity index (χ1) is 3.27. The molecule has 7 heavy (non-hydrogen) atoms. The second kappa shape index (κ2) is 4.12. The van der Waals surface area contributed by atoms with Crippen molar-refractivity contribution in [2.45, 2.75) is 12.8 Å². The third kappa shape index (κ3) is 5.95. The summed E-state index contributed by atoms with van der Waals surface area (Å²) in [5.41, 5.74) is 0. The first-order valence-electron chi connectivity index (χ1n) is 2.03. The van der Waals surface area contributed by atoms with Crippen LogP contribution in [0.1, 0.15) is 12.8 Å². The van der Waals surface area contributed by atoms with Crippen LogP contribution in [0.3, 0.4) is 0 Å². The molecule has 0 N–H and O–H groups in total. The van der Waals surface area contributed by atoms with Crippen molar-refractivity contribution in [1.82, 2.24) is 0 Å². The molecule has 0 aromatic heterocycles. The van der Waals surface area contributed by atoms with Gasteiger partial charge in [0.2, 0.25) is 0 Å². The van der Waals surface area contributed by atoms with E-state index in [9.17, 15) is 9.90 Å². The Kier molecular flexibility index (Phi) is 4.09. The highest BCUT2D eigenvalue weighted by molar-refractivity contribution is 9.09. The number of carbonyl (C=O) groups is 1. The van der Waals surface area contributed by atoms with Crippen LogP contribution in [0.25, 0.3) is 0 Å². The third-order valence-corrected chi connectivity index (χ3v) is 1.08. The lowest BCUT2D eigenvalue weighted by Gasteiger charge is -1.81. The number of hydrogen-bond donors (Lipinski definition) is 0. The van der Waals surface area contributed by atoms with E-state index < -0.39 is 5.97 Å². The summed E-state index contributed by atoms with van der Waals surface area (Å²) in [5, 5.41) is 10.4. The lowest BCUT2D eigenvalue weighted by molar-refractivity contribution is -0.143. The van der Waals surface area contributed by atoms with Crippen molar-refractivity contribution in [3.63, 3.8) is 0 Å². The quantitative estimate of drug-likeness (QED) is 0.578. The van der Waals surface area contributed by atoms with Crippen molar-refractivity contribution < 1.29 is 9.90 Å². The third-order valence-electron chi connectivity index (χ3n) is 0.515. The number of carbonyl (C=O) groups excluding carboxylic acids is 1. The number of halogens is 1. The zero-order valence-corrected chi connectivity index (χ0v) is 5.40. The Hall–Kier alpha value is -0.0500. The minimum absolute atomic E-state index is 0.158. The van der Waals surface area contributed by atoms with Gasteiger partial charge >= 0.3 is 5.97 Å². The number of rotatable bonds is 3. The van der Waals surface area contributed by atoms with E-state index in [1.807, 2.05) is 0 Å². The maximum atomic E-state index is 9.63. The fourth-order valence-corrected chi connectivity index (χ4v) is 0.492. The molecule has 0 unspecified atom stereocenters. The molecular formula is C4H6BrO2. The molecule has 2 nitrogen and oxygen atoms in total. The fourth-order valence-electron chi connectivity index (χ4n) is 0.211. The van der Waals surface area contributed by atoms with E-state index in [0.29, 0.717) is 6.42 Å². The van der Waals surface area contributed by atoms with E-state index in [1.165, 1.54) is 0 Å². The summed E-state index contributed by atoms with van der Waals surface area (Å²) in [6, 6.07) is 0. The highest BCUT2D eigenvalue weighted by Crippen LogP contribution is 1.92. The van der Waals surface area contributed by atoms with Gasteiger partial charge in [-0.2, -0.15) is 0 Å². The molecule has 0 aliphatic rings. The molecule has 0 rings (SSSR count). The SMILES string of the molecule is [O]C(=O)CCCBr. The average molecular weight is 166 g/mol. The summed E-state index contributed by atoms with van der Waals surface area (Å²) < 4.78 is 0. The minimum atomic E-state index is -0.973. The van der Waals surface area contributed by atoms with Crippen molar-refractivity contribution in [2.24, 2.45) is 0 Å². The number of hydrogen-bond acceptors (Lipinski definition) is 1. The highest BCUT2D eigenvalue weighted by atomic mass is 79.9. The predicted octanol–water partition coefficient (Wildman–Crippen LogP) is 1.12. The molecule has 0 bridgehead atoms. The van der Waals surface area contributed by atoms with Gasteiger partial charge in [-0.3, -0.25) is 0 Å². The molecule has 3 heteroatoms. The Balaban J connectivity index is 2.82. The van der Waals surface area contributed by atoms with Gasteiger partial charge in [-0.15, -0.1) is 0 Å². The van der Waals surface area contributed by atoms with Gasteiger partial charge in [-0.25, -0.2) is 9.90 Å². The van der Waals surface area contributed by atoms with E-state index in [-0.39, 0.29) is 6.42 Å². The van der Waals surface area contributed by atoms with Gasteiger partial charge in [-0.1, -0.05) is 15.9 Å². The summed E-state index contributed by atoms with van der Waals surface area (Å²) in [5.74, 6) is -0.973. The second-order valence-corrected chi connectivity index (χ2v) is 1.96. The fraction of sp³-hybridized carbons (Fsp3) is 0.750. The van der Waals surface area contributed by atoms with Crippen molar-refractivity contribution in [3.8, 4) is 0 Å². The standard InChI is InChI=1S/C4H6BrO2/c5-3-1-2-4(6)7/h1-3H2. The molecule has 0 atom stereocenters. The zero-order valence-electron chi connectivity index (χ0n) is 3.82. The number of alkyl halides is 1. The molecule has 0 aromatic rings. The van der Waals surface area contributed by atoms with Crippen LogP contribution < -0.4 is 0 Å². The van der Waals surface area contributed by atoms with Gasteiger partial charge in [0.1, 0.15) is 0 Å². The van der Waals surface area contributed by atoms with Gasteiger partial charge in [0.05, 0.1) is 6.42 Å². The molecular weight excluding hydrogens is 160 g/mol. The molecule has 0 aliphatic heterocycles. The summed E-state index contributed by atoms with van der Waals surface area (Å²) >= 11 is 3.09. The van der Waals surface area contributed by atoms with E-state index in [4.69, 9.17) is 0 Å². The maximum absolute atomic E-state index is 9.63. The largest absolute Gasteiger partial charge is 0.355 e. The lowest BCUT2D eigenvalue weighted by Crippen LogP contribution is -1.90. The molecule has 0 heterocycles. The molecule has 41 valence electrons. The van der Waals surface area contributed by atoms with E-state index in [2.05, 4.69) is 15.9 Å². The predicted molar refractivity (Wildman–Crippen MR) is 28.7 cm³/mol. The van der Waals surface area contributed by atoms with E-state index >= 15 is 0 Å². The van der Waals surface area contributed by atoms with Gasteiger partial charge < -0.3 is 0 Å². The topological polar surface area (TPSA) is 37.0 Å². The van der Waals surface area contributed by atoms with Gasteiger partial charge in [0, 0.05) is 5.33 Å². The van der Waals surface area contributed by atoms with Crippen LogP contribution >= 0.6 is 15.9 Å². The van der Waals surface area contributed by atoms with Crippen molar-refractivity contribution in [1.29, 1.82) is 0 Å². The van der Waals surface area contributed by atoms with Gasteiger partial charge in [-0.05, 0) is 6.42 Å². The van der Waals surface area contributed by atoms with E-state index in [0.717, 1.165) is 5.33 Å². The molecule has 0 fully saturated rings.